The summed E-state index contributed by atoms with van der Waals surface area (Å²) in [6.07, 6.45) is 1.73. The highest BCUT2D eigenvalue weighted by atomic mass is 32.2. The van der Waals surface area contributed by atoms with Crippen LogP contribution < -0.4 is 5.32 Å². The van der Waals surface area contributed by atoms with Gasteiger partial charge in [-0.05, 0) is 73.9 Å². The number of aromatic nitrogens is 2. The van der Waals surface area contributed by atoms with E-state index in [4.69, 9.17) is 0 Å². The lowest BCUT2D eigenvalue weighted by Crippen LogP contribution is -2.28. The fourth-order valence-electron chi connectivity index (χ4n) is 4.08. The number of hydrogen-bond acceptors (Lipinski definition) is 4. The number of nitrogens with one attached hydrogen (secondary N) is 2. The Labute approximate surface area is 192 Å². The fourth-order valence-corrected chi connectivity index (χ4v) is 5.63. The Balaban J connectivity index is 1.36. The van der Waals surface area contributed by atoms with Gasteiger partial charge in [0.1, 0.15) is 5.82 Å². The van der Waals surface area contributed by atoms with Crippen molar-refractivity contribution in [1.82, 2.24) is 14.3 Å². The van der Waals surface area contributed by atoms with E-state index in [0.717, 1.165) is 35.3 Å². The van der Waals surface area contributed by atoms with Crippen molar-refractivity contribution in [3.05, 3.63) is 77.9 Å². The Bertz CT molecular complexity index is 1400. The topological polar surface area (TPSA) is 95.2 Å². The summed E-state index contributed by atoms with van der Waals surface area (Å²) >= 11 is 0. The van der Waals surface area contributed by atoms with Crippen LogP contribution in [-0.4, -0.2) is 41.7 Å². The van der Waals surface area contributed by atoms with Crippen LogP contribution in [0.15, 0.2) is 71.6 Å². The first-order valence-electron chi connectivity index (χ1n) is 10.9. The van der Waals surface area contributed by atoms with Crippen LogP contribution in [-0.2, 0) is 10.0 Å². The minimum Gasteiger partial charge on any atom is -0.338 e. The number of carbonyl (C=O) groups is 1. The molecule has 0 spiro atoms. The van der Waals surface area contributed by atoms with Crippen LogP contribution in [0.25, 0.3) is 22.4 Å². The summed E-state index contributed by atoms with van der Waals surface area (Å²) in [5.41, 5.74) is 4.43. The molecule has 7 nitrogen and oxygen atoms in total. The predicted octanol–water partition coefficient (Wildman–Crippen LogP) is 4.58. The van der Waals surface area contributed by atoms with Gasteiger partial charge in [-0.15, -0.1) is 0 Å². The van der Waals surface area contributed by atoms with Crippen LogP contribution in [0.3, 0.4) is 0 Å². The minimum absolute atomic E-state index is 0.153. The summed E-state index contributed by atoms with van der Waals surface area (Å²) in [6.45, 7) is 2.84. The molecule has 2 N–H and O–H groups in total. The molecule has 0 unspecified atom stereocenters. The van der Waals surface area contributed by atoms with Gasteiger partial charge in [0.15, 0.2) is 0 Å². The lowest BCUT2D eigenvalue weighted by atomic mass is 10.1. The molecular weight excluding hydrogens is 436 g/mol. The van der Waals surface area contributed by atoms with E-state index in [0.29, 0.717) is 29.9 Å². The molecule has 0 saturated carbocycles. The van der Waals surface area contributed by atoms with Gasteiger partial charge < -0.3 is 10.3 Å². The Hall–Kier alpha value is -3.49. The Morgan fingerprint density at radius 1 is 1.00 bits per heavy atom. The first-order chi connectivity index (χ1) is 15.9. The number of aromatic amines is 1. The third kappa shape index (κ3) is 4.15. The van der Waals surface area contributed by atoms with E-state index < -0.39 is 10.0 Å². The second-order valence-electron chi connectivity index (χ2n) is 8.22. The fraction of sp³-hybridized carbons (Fsp3) is 0.200. The number of hydrogen-bond donors (Lipinski definition) is 2. The largest absolute Gasteiger partial charge is 0.338 e. The summed E-state index contributed by atoms with van der Waals surface area (Å²) in [5, 5.41) is 2.87. The van der Waals surface area contributed by atoms with E-state index in [1.54, 1.807) is 31.2 Å². The van der Waals surface area contributed by atoms with Crippen molar-refractivity contribution in [2.45, 2.75) is 24.7 Å². The van der Waals surface area contributed by atoms with Gasteiger partial charge in [0.2, 0.25) is 10.0 Å². The second-order valence-corrected chi connectivity index (χ2v) is 10.2. The summed E-state index contributed by atoms with van der Waals surface area (Å²) < 4.78 is 27.3. The molecule has 1 saturated heterocycles. The van der Waals surface area contributed by atoms with Crippen LogP contribution in [0.2, 0.25) is 0 Å². The zero-order valence-corrected chi connectivity index (χ0v) is 19.0. The maximum Gasteiger partial charge on any atom is 0.255 e. The van der Waals surface area contributed by atoms with Gasteiger partial charge in [0.05, 0.1) is 15.9 Å². The smallest absolute Gasteiger partial charge is 0.255 e. The Kier molecular flexibility index (Phi) is 5.47. The molecule has 3 aromatic carbocycles. The molecule has 1 fully saturated rings. The number of nitrogens with zero attached hydrogens (tertiary/aromatic N) is 2. The zero-order chi connectivity index (χ0) is 23.0. The number of benzene rings is 3. The molecule has 0 bridgehead atoms. The van der Waals surface area contributed by atoms with Gasteiger partial charge in [0, 0.05) is 29.9 Å². The van der Waals surface area contributed by atoms with Gasteiger partial charge in [-0.3, -0.25) is 4.79 Å². The highest BCUT2D eigenvalue weighted by Gasteiger charge is 2.28. The third-order valence-electron chi connectivity index (χ3n) is 5.96. The molecule has 4 aromatic rings. The average molecular weight is 461 g/mol. The molecule has 1 aliphatic heterocycles. The van der Waals surface area contributed by atoms with Crippen LogP contribution in [0.5, 0.6) is 0 Å². The number of anilines is 1. The van der Waals surface area contributed by atoms with E-state index >= 15 is 0 Å². The Morgan fingerprint density at radius 3 is 2.45 bits per heavy atom. The monoisotopic (exact) mass is 460 g/mol. The Morgan fingerprint density at radius 2 is 1.73 bits per heavy atom. The first kappa shape index (κ1) is 21.4. The number of carbonyl (C=O) groups excluding carboxylic acids is 1. The molecule has 168 valence electrons. The number of sulfonamides is 1. The highest BCUT2D eigenvalue weighted by molar-refractivity contribution is 7.89. The standard InChI is InChI=1S/C25H24N4O3S/c1-17-8-13-20(33(31,32)29-14-4-5-15-29)16-21(17)25(30)26-19-11-9-18(10-12-19)24-27-22-6-2-3-7-23(22)28-24/h2-3,6-13,16H,4-5,14-15H2,1H3,(H,26,30)(H,27,28). The van der Waals surface area contributed by atoms with E-state index in [1.807, 2.05) is 36.4 Å². The number of imidazole rings is 1. The lowest BCUT2D eigenvalue weighted by molar-refractivity contribution is 0.102. The number of fused-ring (bicyclic) bond motifs is 1. The van der Waals surface area contributed by atoms with Gasteiger partial charge in [-0.1, -0.05) is 18.2 Å². The third-order valence-corrected chi connectivity index (χ3v) is 7.86. The molecule has 0 radical (unpaired) electrons. The van der Waals surface area contributed by atoms with Crippen molar-refractivity contribution in [3.63, 3.8) is 0 Å². The molecule has 33 heavy (non-hydrogen) atoms. The quantitative estimate of drug-likeness (QED) is 0.456. The molecule has 5 rings (SSSR count). The van der Waals surface area contributed by atoms with Gasteiger partial charge >= 0.3 is 0 Å². The highest BCUT2D eigenvalue weighted by Crippen LogP contribution is 2.25. The SMILES string of the molecule is Cc1ccc(S(=O)(=O)N2CCCC2)cc1C(=O)Nc1ccc(-c2nc3ccccc3[nH]2)cc1. The number of H-pyrrole nitrogens is 1. The summed E-state index contributed by atoms with van der Waals surface area (Å²) in [4.78, 5) is 21.0. The minimum atomic E-state index is -3.59. The van der Waals surface area contributed by atoms with Gasteiger partial charge in [-0.2, -0.15) is 4.31 Å². The molecule has 1 aromatic heterocycles. The molecule has 8 heteroatoms. The average Bonchev–Trinajstić information content (AvgIpc) is 3.50. The molecule has 1 aliphatic rings. The van der Waals surface area contributed by atoms with Crippen molar-refractivity contribution in [3.8, 4) is 11.4 Å². The van der Waals surface area contributed by atoms with E-state index in [-0.39, 0.29) is 10.8 Å². The maximum atomic E-state index is 13.0. The number of rotatable bonds is 5. The number of amides is 1. The van der Waals surface area contributed by atoms with Gasteiger partial charge in [0.25, 0.3) is 5.91 Å². The molecule has 0 atom stereocenters. The lowest BCUT2D eigenvalue weighted by Gasteiger charge is -2.17. The van der Waals surface area contributed by atoms with Gasteiger partial charge in [-0.25, -0.2) is 13.4 Å². The van der Waals surface area contributed by atoms with E-state index in [1.165, 1.54) is 10.4 Å². The van der Waals surface area contributed by atoms with Crippen LogP contribution >= 0.6 is 0 Å². The van der Waals surface area contributed by atoms with E-state index in [2.05, 4.69) is 15.3 Å². The van der Waals surface area contributed by atoms with Crippen LogP contribution in [0, 0.1) is 6.92 Å². The van der Waals surface area contributed by atoms with Crippen molar-refractivity contribution in [2.75, 3.05) is 18.4 Å². The molecule has 0 aliphatic carbocycles. The summed E-state index contributed by atoms with van der Waals surface area (Å²) in [7, 11) is -3.59. The second kappa shape index (κ2) is 8.46. The van der Waals surface area contributed by atoms with Crippen molar-refractivity contribution in [1.29, 1.82) is 0 Å². The molecule has 1 amide bonds. The van der Waals surface area contributed by atoms with Crippen LogP contribution in [0.1, 0.15) is 28.8 Å². The maximum absolute atomic E-state index is 13.0. The van der Waals surface area contributed by atoms with Crippen molar-refractivity contribution < 1.29 is 13.2 Å². The summed E-state index contributed by atoms with van der Waals surface area (Å²) in [5.74, 6) is 0.409. The zero-order valence-electron chi connectivity index (χ0n) is 18.2. The molecular formula is C25H24N4O3S. The van der Waals surface area contributed by atoms with Crippen molar-refractivity contribution in [2.24, 2.45) is 0 Å². The molecule has 2 heterocycles. The normalized spacial score (nSPS) is 14.6. The summed E-state index contributed by atoms with van der Waals surface area (Å²) in [6, 6.07) is 19.9. The van der Waals surface area contributed by atoms with Crippen LogP contribution in [0.4, 0.5) is 5.69 Å². The van der Waals surface area contributed by atoms with E-state index in [9.17, 15) is 13.2 Å². The van der Waals surface area contributed by atoms with Crippen molar-refractivity contribution >= 4 is 32.7 Å². The number of aryl methyl sites for hydroxylation is 1. The number of para-hydroxylation sites is 2. The predicted molar refractivity (Wildman–Crippen MR) is 129 cm³/mol. The first-order valence-corrected chi connectivity index (χ1v) is 12.3.